The van der Waals surface area contributed by atoms with E-state index in [1.54, 1.807) is 32.4 Å². The van der Waals surface area contributed by atoms with Crippen LogP contribution in [-0.4, -0.2) is 38.6 Å². The summed E-state index contributed by atoms with van der Waals surface area (Å²) in [7, 11) is 5.09. The lowest BCUT2D eigenvalue weighted by atomic mass is 10.1. The minimum Gasteiger partial charge on any atom is -0.493 e. The number of anilines is 1. The fraction of sp³-hybridized carbons (Fsp3) is 0.350. The Morgan fingerprint density at radius 2 is 1.76 bits per heavy atom. The molecule has 0 spiro atoms. The molecule has 1 amide bonds. The van der Waals surface area contributed by atoms with Crippen LogP contribution < -0.4 is 14.8 Å². The molecule has 0 heterocycles. The molecule has 0 aliphatic rings. The summed E-state index contributed by atoms with van der Waals surface area (Å²) < 4.78 is 10.5. The fourth-order valence-corrected chi connectivity index (χ4v) is 2.73. The molecule has 1 N–H and O–H groups in total. The SMILES string of the molecule is COc1ccc(NC(=O)CN(C)Cc2ccc(C)cc2C)cc1OC. The summed E-state index contributed by atoms with van der Waals surface area (Å²) in [5.74, 6) is 1.15. The second-order valence-electron chi connectivity index (χ2n) is 6.22. The van der Waals surface area contributed by atoms with Crippen molar-refractivity contribution in [3.05, 3.63) is 53.1 Å². The molecule has 0 unspecified atom stereocenters. The zero-order valence-corrected chi connectivity index (χ0v) is 15.6. The van der Waals surface area contributed by atoms with Crippen LogP contribution in [0.25, 0.3) is 0 Å². The zero-order chi connectivity index (χ0) is 18.4. The summed E-state index contributed by atoms with van der Waals surface area (Å²) >= 11 is 0. The summed E-state index contributed by atoms with van der Waals surface area (Å²) in [6, 6.07) is 11.7. The topological polar surface area (TPSA) is 50.8 Å². The third kappa shape index (κ3) is 5.22. The minimum atomic E-state index is -0.0699. The minimum absolute atomic E-state index is 0.0699. The summed E-state index contributed by atoms with van der Waals surface area (Å²) in [6.45, 7) is 5.21. The maximum absolute atomic E-state index is 12.3. The molecule has 25 heavy (non-hydrogen) atoms. The molecule has 0 saturated heterocycles. The molecular weight excluding hydrogens is 316 g/mol. The summed E-state index contributed by atoms with van der Waals surface area (Å²) in [4.78, 5) is 14.3. The molecule has 0 aromatic heterocycles. The molecule has 0 atom stereocenters. The number of rotatable bonds is 7. The van der Waals surface area contributed by atoms with E-state index in [4.69, 9.17) is 9.47 Å². The summed E-state index contributed by atoms with van der Waals surface area (Å²) in [5.41, 5.74) is 4.40. The molecule has 2 aromatic rings. The highest BCUT2D eigenvalue weighted by atomic mass is 16.5. The van der Waals surface area contributed by atoms with Crippen LogP contribution in [0.1, 0.15) is 16.7 Å². The van der Waals surface area contributed by atoms with Gasteiger partial charge in [-0.25, -0.2) is 0 Å². The third-order valence-electron chi connectivity index (χ3n) is 4.02. The van der Waals surface area contributed by atoms with Crippen molar-refractivity contribution in [3.63, 3.8) is 0 Å². The second-order valence-corrected chi connectivity index (χ2v) is 6.22. The number of hydrogen-bond acceptors (Lipinski definition) is 4. The molecule has 0 bridgehead atoms. The molecule has 5 nitrogen and oxygen atoms in total. The lowest BCUT2D eigenvalue weighted by Crippen LogP contribution is -2.30. The van der Waals surface area contributed by atoms with Gasteiger partial charge in [-0.2, -0.15) is 0 Å². The van der Waals surface area contributed by atoms with Crippen LogP contribution in [-0.2, 0) is 11.3 Å². The van der Waals surface area contributed by atoms with Crippen LogP contribution in [0.2, 0.25) is 0 Å². The Morgan fingerprint density at radius 1 is 1.04 bits per heavy atom. The average molecular weight is 342 g/mol. The number of nitrogens with zero attached hydrogens (tertiary/aromatic N) is 1. The van der Waals surface area contributed by atoms with Gasteiger partial charge in [-0.05, 0) is 44.2 Å². The first-order valence-electron chi connectivity index (χ1n) is 8.19. The summed E-state index contributed by atoms with van der Waals surface area (Å²) in [5, 5.41) is 2.89. The van der Waals surface area contributed by atoms with Gasteiger partial charge in [0, 0.05) is 18.3 Å². The van der Waals surface area contributed by atoms with E-state index in [9.17, 15) is 4.79 Å². The Hall–Kier alpha value is -2.53. The first-order valence-corrected chi connectivity index (χ1v) is 8.19. The van der Waals surface area contributed by atoms with E-state index in [2.05, 4.69) is 37.4 Å². The first kappa shape index (κ1) is 18.8. The molecule has 0 aliphatic heterocycles. The van der Waals surface area contributed by atoms with Crippen molar-refractivity contribution >= 4 is 11.6 Å². The van der Waals surface area contributed by atoms with E-state index in [1.807, 2.05) is 11.9 Å². The van der Waals surface area contributed by atoms with Crippen molar-refractivity contribution in [2.24, 2.45) is 0 Å². The summed E-state index contributed by atoms with van der Waals surface area (Å²) in [6.07, 6.45) is 0. The number of amides is 1. The maximum Gasteiger partial charge on any atom is 0.238 e. The number of methoxy groups -OCH3 is 2. The van der Waals surface area contributed by atoms with Gasteiger partial charge in [-0.3, -0.25) is 9.69 Å². The standard InChI is InChI=1S/C20H26N2O3/c1-14-6-7-16(15(2)10-14)12-22(3)13-20(23)21-17-8-9-18(24-4)19(11-17)25-5/h6-11H,12-13H2,1-5H3,(H,21,23). The molecule has 0 fully saturated rings. The highest BCUT2D eigenvalue weighted by Crippen LogP contribution is 2.29. The number of benzene rings is 2. The van der Waals surface area contributed by atoms with E-state index in [-0.39, 0.29) is 5.91 Å². The van der Waals surface area contributed by atoms with Crippen LogP contribution in [0.15, 0.2) is 36.4 Å². The smallest absolute Gasteiger partial charge is 0.238 e. The monoisotopic (exact) mass is 342 g/mol. The van der Waals surface area contributed by atoms with E-state index >= 15 is 0 Å². The van der Waals surface area contributed by atoms with Crippen LogP contribution in [0.5, 0.6) is 11.5 Å². The van der Waals surface area contributed by atoms with Crippen molar-refractivity contribution in [1.29, 1.82) is 0 Å². The molecule has 0 aliphatic carbocycles. The van der Waals surface area contributed by atoms with Crippen LogP contribution in [0.3, 0.4) is 0 Å². The number of carbonyl (C=O) groups excluding carboxylic acids is 1. The Balaban J connectivity index is 1.95. The number of aryl methyl sites for hydroxylation is 2. The molecule has 0 saturated carbocycles. The predicted octanol–water partition coefficient (Wildman–Crippen LogP) is 3.39. The van der Waals surface area contributed by atoms with Gasteiger partial charge in [-0.1, -0.05) is 23.8 Å². The largest absolute Gasteiger partial charge is 0.493 e. The Morgan fingerprint density at radius 3 is 2.40 bits per heavy atom. The van der Waals surface area contributed by atoms with Gasteiger partial charge in [0.1, 0.15) is 0 Å². The van der Waals surface area contributed by atoms with Gasteiger partial charge in [-0.15, -0.1) is 0 Å². The highest BCUT2D eigenvalue weighted by molar-refractivity contribution is 5.92. The van der Waals surface area contributed by atoms with Crippen molar-refractivity contribution in [1.82, 2.24) is 4.90 Å². The fourth-order valence-electron chi connectivity index (χ4n) is 2.73. The molecule has 2 aromatic carbocycles. The normalized spacial score (nSPS) is 10.6. The van der Waals surface area contributed by atoms with Gasteiger partial charge >= 0.3 is 0 Å². The van der Waals surface area contributed by atoms with Crippen molar-refractivity contribution in [2.75, 3.05) is 33.1 Å². The molecule has 134 valence electrons. The van der Waals surface area contributed by atoms with E-state index < -0.39 is 0 Å². The quantitative estimate of drug-likeness (QED) is 0.838. The Bertz CT molecular complexity index is 744. The van der Waals surface area contributed by atoms with E-state index in [1.165, 1.54) is 16.7 Å². The molecule has 5 heteroatoms. The predicted molar refractivity (Wildman–Crippen MR) is 100 cm³/mol. The third-order valence-corrected chi connectivity index (χ3v) is 4.02. The number of ether oxygens (including phenoxy) is 2. The lowest BCUT2D eigenvalue weighted by molar-refractivity contribution is -0.117. The van der Waals surface area contributed by atoms with Crippen molar-refractivity contribution in [2.45, 2.75) is 20.4 Å². The van der Waals surface area contributed by atoms with Crippen molar-refractivity contribution in [3.8, 4) is 11.5 Å². The van der Waals surface area contributed by atoms with E-state index in [0.29, 0.717) is 23.7 Å². The molecular formula is C20H26N2O3. The van der Waals surface area contributed by atoms with Gasteiger partial charge in [0.25, 0.3) is 0 Å². The van der Waals surface area contributed by atoms with Crippen LogP contribution in [0, 0.1) is 13.8 Å². The van der Waals surface area contributed by atoms with Crippen LogP contribution >= 0.6 is 0 Å². The highest BCUT2D eigenvalue weighted by Gasteiger charge is 2.11. The number of likely N-dealkylation sites (N-methyl/N-ethyl adjacent to an activating group) is 1. The van der Waals surface area contributed by atoms with Gasteiger partial charge in [0.15, 0.2) is 11.5 Å². The Labute approximate surface area is 149 Å². The second kappa shape index (κ2) is 8.53. The number of nitrogens with one attached hydrogen (secondary N) is 1. The lowest BCUT2D eigenvalue weighted by Gasteiger charge is -2.18. The van der Waals surface area contributed by atoms with Gasteiger partial charge in [0.2, 0.25) is 5.91 Å². The average Bonchev–Trinajstić information content (AvgIpc) is 2.57. The van der Waals surface area contributed by atoms with Gasteiger partial charge in [0.05, 0.1) is 20.8 Å². The number of carbonyl (C=O) groups is 1. The number of hydrogen-bond donors (Lipinski definition) is 1. The molecule has 0 radical (unpaired) electrons. The van der Waals surface area contributed by atoms with Gasteiger partial charge < -0.3 is 14.8 Å². The Kier molecular flexibility index (Phi) is 6.42. The van der Waals surface area contributed by atoms with E-state index in [0.717, 1.165) is 6.54 Å². The first-order chi connectivity index (χ1) is 11.9. The molecule has 2 rings (SSSR count). The van der Waals surface area contributed by atoms with Crippen LogP contribution in [0.4, 0.5) is 5.69 Å². The maximum atomic E-state index is 12.3. The zero-order valence-electron chi connectivity index (χ0n) is 15.6. The van der Waals surface area contributed by atoms with Crippen molar-refractivity contribution < 1.29 is 14.3 Å².